The van der Waals surface area contributed by atoms with Crippen LogP contribution in [0, 0.1) is 6.92 Å². The number of likely N-dealkylation sites (N-methyl/N-ethyl adjacent to an activating group) is 1. The van der Waals surface area contributed by atoms with Crippen LogP contribution in [0.2, 0.25) is 0 Å². The normalized spacial score (nSPS) is 19.2. The summed E-state index contributed by atoms with van der Waals surface area (Å²) in [4.78, 5) is 22.1. The Morgan fingerprint density at radius 2 is 1.83 bits per heavy atom. The zero-order chi connectivity index (χ0) is 20.6. The second kappa shape index (κ2) is 8.43. The SMILES string of the molecule is CCN1CCN(S(=O)(=O)c2cc(-c3nc(C)c(C(=O)N4CCCC4)s3)cs2)CC1. The predicted octanol–water partition coefficient (Wildman–Crippen LogP) is 2.74. The van der Waals surface area contributed by atoms with Gasteiger partial charge in [0.25, 0.3) is 15.9 Å². The van der Waals surface area contributed by atoms with Crippen LogP contribution in [0.3, 0.4) is 0 Å². The Hall–Kier alpha value is -1.33. The van der Waals surface area contributed by atoms with E-state index in [4.69, 9.17) is 0 Å². The number of amides is 1. The Morgan fingerprint density at radius 1 is 1.14 bits per heavy atom. The Balaban J connectivity index is 1.53. The van der Waals surface area contributed by atoms with Gasteiger partial charge in [0.15, 0.2) is 0 Å². The number of hydrogen-bond donors (Lipinski definition) is 0. The van der Waals surface area contributed by atoms with Crippen molar-refractivity contribution >= 4 is 38.6 Å². The first-order chi connectivity index (χ1) is 13.9. The first kappa shape index (κ1) is 20.9. The summed E-state index contributed by atoms with van der Waals surface area (Å²) in [5.41, 5.74) is 1.49. The number of likely N-dealkylation sites (tertiary alicyclic amines) is 1. The van der Waals surface area contributed by atoms with Gasteiger partial charge in [-0.15, -0.1) is 22.7 Å². The smallest absolute Gasteiger partial charge is 0.265 e. The van der Waals surface area contributed by atoms with Crippen molar-refractivity contribution in [2.45, 2.75) is 30.9 Å². The highest BCUT2D eigenvalue weighted by Gasteiger charge is 2.30. The van der Waals surface area contributed by atoms with Gasteiger partial charge in [0.05, 0.1) is 5.69 Å². The van der Waals surface area contributed by atoms with E-state index in [9.17, 15) is 13.2 Å². The van der Waals surface area contributed by atoms with Crippen LogP contribution in [0.15, 0.2) is 15.7 Å². The summed E-state index contributed by atoms with van der Waals surface area (Å²) in [6.07, 6.45) is 2.10. The van der Waals surface area contributed by atoms with Crippen LogP contribution in [0.4, 0.5) is 0 Å². The zero-order valence-electron chi connectivity index (χ0n) is 16.8. The van der Waals surface area contributed by atoms with Crippen LogP contribution >= 0.6 is 22.7 Å². The van der Waals surface area contributed by atoms with E-state index in [1.54, 1.807) is 10.4 Å². The van der Waals surface area contributed by atoms with Gasteiger partial charge in [0.1, 0.15) is 14.1 Å². The molecule has 10 heteroatoms. The molecule has 2 aliphatic heterocycles. The Kier molecular flexibility index (Phi) is 6.08. The van der Waals surface area contributed by atoms with Gasteiger partial charge in [-0.3, -0.25) is 4.79 Å². The molecule has 0 radical (unpaired) electrons. The maximum absolute atomic E-state index is 13.0. The molecule has 0 aliphatic carbocycles. The minimum atomic E-state index is -3.49. The second-order valence-corrected chi connectivity index (χ2v) is 11.5. The van der Waals surface area contributed by atoms with Crippen molar-refractivity contribution in [1.82, 2.24) is 19.1 Å². The summed E-state index contributed by atoms with van der Waals surface area (Å²) in [7, 11) is -3.49. The van der Waals surface area contributed by atoms with Crippen LogP contribution in [0.25, 0.3) is 10.6 Å². The molecule has 0 aromatic carbocycles. The maximum atomic E-state index is 13.0. The molecule has 0 atom stereocenters. The minimum absolute atomic E-state index is 0.0422. The molecule has 2 saturated heterocycles. The average Bonchev–Trinajstić information content (AvgIpc) is 3.47. The summed E-state index contributed by atoms with van der Waals surface area (Å²) < 4.78 is 28.0. The van der Waals surface area contributed by atoms with E-state index in [2.05, 4.69) is 16.8 Å². The fraction of sp³-hybridized carbons (Fsp3) is 0.579. The van der Waals surface area contributed by atoms with Crippen LogP contribution in [-0.4, -0.2) is 79.2 Å². The molecule has 29 heavy (non-hydrogen) atoms. The number of aromatic nitrogens is 1. The fourth-order valence-corrected chi connectivity index (χ4v) is 7.59. The molecule has 0 N–H and O–H groups in total. The highest BCUT2D eigenvalue weighted by Crippen LogP contribution is 2.35. The molecule has 0 saturated carbocycles. The van der Waals surface area contributed by atoms with Gasteiger partial charge in [0.2, 0.25) is 0 Å². The third-order valence-electron chi connectivity index (χ3n) is 5.58. The standard InChI is InChI=1S/C19H26N4O3S3/c1-3-21-8-10-23(11-9-21)29(25,26)16-12-15(13-27-16)18-20-14(2)17(28-18)19(24)22-6-4-5-7-22/h12-13H,3-11H2,1-2H3. The molecule has 158 valence electrons. The number of thiazole rings is 1. The van der Waals surface area contributed by atoms with E-state index < -0.39 is 10.0 Å². The summed E-state index contributed by atoms with van der Waals surface area (Å²) in [5.74, 6) is 0.0422. The van der Waals surface area contributed by atoms with Gasteiger partial charge in [-0.1, -0.05) is 6.92 Å². The van der Waals surface area contributed by atoms with Crippen molar-refractivity contribution in [3.63, 3.8) is 0 Å². The van der Waals surface area contributed by atoms with Crippen molar-refractivity contribution in [1.29, 1.82) is 0 Å². The second-order valence-electron chi connectivity index (χ2n) is 7.43. The molecule has 2 aromatic rings. The van der Waals surface area contributed by atoms with E-state index in [0.29, 0.717) is 32.9 Å². The summed E-state index contributed by atoms with van der Waals surface area (Å²) in [6.45, 7) is 9.06. The lowest BCUT2D eigenvalue weighted by Crippen LogP contribution is -2.48. The number of piperazine rings is 1. The minimum Gasteiger partial charge on any atom is -0.338 e. The van der Waals surface area contributed by atoms with Crippen LogP contribution in [0.1, 0.15) is 35.1 Å². The van der Waals surface area contributed by atoms with Gasteiger partial charge >= 0.3 is 0 Å². The van der Waals surface area contributed by atoms with Crippen molar-refractivity contribution < 1.29 is 13.2 Å². The van der Waals surface area contributed by atoms with Crippen molar-refractivity contribution in [3.05, 3.63) is 22.0 Å². The molecule has 2 fully saturated rings. The molecule has 0 unspecified atom stereocenters. The average molecular weight is 455 g/mol. The molecule has 0 spiro atoms. The number of hydrogen-bond acceptors (Lipinski definition) is 7. The number of aryl methyl sites for hydroxylation is 1. The van der Waals surface area contributed by atoms with Crippen LogP contribution < -0.4 is 0 Å². The highest BCUT2D eigenvalue weighted by atomic mass is 32.2. The molecule has 1 amide bonds. The Morgan fingerprint density at radius 3 is 2.48 bits per heavy atom. The van der Waals surface area contributed by atoms with Crippen molar-refractivity contribution in [2.24, 2.45) is 0 Å². The molecule has 2 aromatic heterocycles. The van der Waals surface area contributed by atoms with Gasteiger partial charge in [-0.05, 0) is 32.4 Å². The summed E-state index contributed by atoms with van der Waals surface area (Å²) in [6, 6.07) is 1.70. The van der Waals surface area contributed by atoms with Gasteiger partial charge in [-0.2, -0.15) is 4.31 Å². The number of thiophene rings is 1. The van der Waals surface area contributed by atoms with Gasteiger partial charge < -0.3 is 9.80 Å². The lowest BCUT2D eigenvalue weighted by atomic mass is 10.3. The lowest BCUT2D eigenvalue weighted by molar-refractivity contribution is 0.0796. The first-order valence-corrected chi connectivity index (χ1v) is 13.1. The molecule has 4 rings (SSSR count). The largest absolute Gasteiger partial charge is 0.338 e. The molecular weight excluding hydrogens is 428 g/mol. The van der Waals surface area contributed by atoms with Gasteiger partial charge in [-0.25, -0.2) is 13.4 Å². The number of carbonyl (C=O) groups is 1. The van der Waals surface area contributed by atoms with E-state index in [-0.39, 0.29) is 5.91 Å². The third-order valence-corrected chi connectivity index (χ3v) is 10.1. The monoisotopic (exact) mass is 454 g/mol. The summed E-state index contributed by atoms with van der Waals surface area (Å²) in [5, 5.41) is 2.54. The quantitative estimate of drug-likeness (QED) is 0.695. The molecule has 7 nitrogen and oxygen atoms in total. The van der Waals surface area contributed by atoms with Crippen molar-refractivity contribution in [3.8, 4) is 10.6 Å². The number of sulfonamides is 1. The van der Waals surface area contributed by atoms with E-state index in [0.717, 1.165) is 51.1 Å². The van der Waals surface area contributed by atoms with Gasteiger partial charge in [0, 0.05) is 50.2 Å². The first-order valence-electron chi connectivity index (χ1n) is 9.98. The number of nitrogens with zero attached hydrogens (tertiary/aromatic N) is 4. The maximum Gasteiger partial charge on any atom is 0.265 e. The number of carbonyl (C=O) groups excluding carboxylic acids is 1. The van der Waals surface area contributed by atoms with Crippen molar-refractivity contribution in [2.75, 3.05) is 45.8 Å². The molecule has 4 heterocycles. The molecular formula is C19H26N4O3S3. The number of rotatable bonds is 5. The van der Waals surface area contributed by atoms with E-state index >= 15 is 0 Å². The molecule has 2 aliphatic rings. The van der Waals surface area contributed by atoms with E-state index in [1.807, 2.05) is 17.2 Å². The Bertz CT molecular complexity index is 984. The predicted molar refractivity (Wildman–Crippen MR) is 116 cm³/mol. The topological polar surface area (TPSA) is 73.8 Å². The Labute approximate surface area is 180 Å². The lowest BCUT2D eigenvalue weighted by Gasteiger charge is -2.32. The highest BCUT2D eigenvalue weighted by molar-refractivity contribution is 7.91. The zero-order valence-corrected chi connectivity index (χ0v) is 19.2. The fourth-order valence-electron chi connectivity index (χ4n) is 3.76. The van der Waals surface area contributed by atoms with Crippen LogP contribution in [0.5, 0.6) is 0 Å². The molecule has 0 bridgehead atoms. The summed E-state index contributed by atoms with van der Waals surface area (Å²) >= 11 is 2.59. The van der Waals surface area contributed by atoms with Crippen LogP contribution in [-0.2, 0) is 10.0 Å². The third kappa shape index (κ3) is 4.13. The van der Waals surface area contributed by atoms with E-state index in [1.165, 1.54) is 22.7 Å².